The molecule has 0 aromatic heterocycles. The highest BCUT2D eigenvalue weighted by Crippen LogP contribution is 2.64. The van der Waals surface area contributed by atoms with Gasteiger partial charge in [-0.15, -0.1) is 0 Å². The van der Waals surface area contributed by atoms with Crippen molar-refractivity contribution < 1.29 is 0 Å². The van der Waals surface area contributed by atoms with Crippen LogP contribution in [0.1, 0.15) is 59.4 Å². The van der Waals surface area contributed by atoms with Crippen molar-refractivity contribution >= 4 is 55.7 Å². The average molecular weight is 921 g/mol. The van der Waals surface area contributed by atoms with Crippen molar-refractivity contribution in [2.75, 3.05) is 9.80 Å². The van der Waals surface area contributed by atoms with Crippen LogP contribution in [0.2, 0.25) is 0 Å². The van der Waals surface area contributed by atoms with Gasteiger partial charge in [0, 0.05) is 34.0 Å². The summed E-state index contributed by atoms with van der Waals surface area (Å²) in [5.41, 5.74) is 20.6. The molecule has 4 unspecified atom stereocenters. The Morgan fingerprint density at radius 3 is 1.53 bits per heavy atom. The van der Waals surface area contributed by atoms with Gasteiger partial charge in [0.2, 0.25) is 0 Å². The summed E-state index contributed by atoms with van der Waals surface area (Å²) < 4.78 is 0. The number of hydrogen-bond acceptors (Lipinski definition) is 2. The minimum atomic E-state index is -0.579. The van der Waals surface area contributed by atoms with E-state index in [9.17, 15) is 0 Å². The summed E-state index contributed by atoms with van der Waals surface area (Å²) in [4.78, 5) is 4.98. The second-order valence-electron chi connectivity index (χ2n) is 20.8. The van der Waals surface area contributed by atoms with E-state index in [2.05, 4.69) is 259 Å². The summed E-state index contributed by atoms with van der Waals surface area (Å²) in [5, 5.41) is 4.92. The van der Waals surface area contributed by atoms with Crippen molar-refractivity contribution in [1.29, 1.82) is 0 Å². The van der Waals surface area contributed by atoms with Crippen molar-refractivity contribution in [1.82, 2.24) is 0 Å². The molecule has 2 nitrogen and oxygen atoms in total. The summed E-state index contributed by atoms with van der Waals surface area (Å²) >= 11 is 0. The summed E-state index contributed by atoms with van der Waals surface area (Å²) in [6, 6.07) is 93.7. The molecular weight excluding hydrogens is 869 g/mol. The highest BCUT2D eigenvalue weighted by atomic mass is 15.1. The SMILES string of the molecule is c1ccc(N(c2ccc(C3CC4CCC3C4)cc2)c2ccc3c(c2)C2(c4ccccc4-3)c3ccccc3-c3ccc(N(c4ccccc4)c4ccc5ccccc5c4-c4ccc5ccccc5c4)cc32)cc1. The maximum atomic E-state index is 2.53. The number of rotatable bonds is 8. The first-order valence-corrected chi connectivity index (χ1v) is 26.0. The van der Waals surface area contributed by atoms with Gasteiger partial charge in [-0.1, -0.05) is 182 Å². The Balaban J connectivity index is 0.947. The van der Waals surface area contributed by atoms with Crippen molar-refractivity contribution in [2.24, 2.45) is 11.8 Å². The first kappa shape index (κ1) is 41.3. The summed E-state index contributed by atoms with van der Waals surface area (Å²) in [6.45, 7) is 0. The second-order valence-corrected chi connectivity index (χ2v) is 20.8. The highest BCUT2D eigenvalue weighted by molar-refractivity contribution is 6.07. The Bertz CT molecular complexity index is 3900. The molecule has 0 N–H and O–H groups in total. The minimum Gasteiger partial charge on any atom is -0.310 e. The van der Waals surface area contributed by atoms with E-state index in [1.165, 1.54) is 114 Å². The molecule has 11 aromatic rings. The van der Waals surface area contributed by atoms with Crippen LogP contribution in [-0.2, 0) is 5.41 Å². The zero-order chi connectivity index (χ0) is 47.3. The number of benzene rings is 11. The van der Waals surface area contributed by atoms with E-state index in [1.807, 2.05) is 0 Å². The van der Waals surface area contributed by atoms with Crippen LogP contribution in [0.15, 0.2) is 249 Å². The Kier molecular flexibility index (Phi) is 9.36. The van der Waals surface area contributed by atoms with Gasteiger partial charge in [0.05, 0.1) is 11.1 Å². The van der Waals surface area contributed by atoms with Crippen molar-refractivity contribution in [3.05, 3.63) is 277 Å². The van der Waals surface area contributed by atoms with E-state index >= 15 is 0 Å². The number of fused-ring (bicyclic) bond motifs is 14. The molecule has 0 aliphatic heterocycles. The maximum absolute atomic E-state index is 2.53. The largest absolute Gasteiger partial charge is 0.310 e. The predicted molar refractivity (Wildman–Crippen MR) is 301 cm³/mol. The third-order valence-corrected chi connectivity index (χ3v) is 17.1. The highest BCUT2D eigenvalue weighted by Gasteiger charge is 2.52. The fourth-order valence-electron chi connectivity index (χ4n) is 14.0. The average Bonchev–Trinajstić information content (AvgIpc) is 4.23. The Morgan fingerprint density at radius 2 is 0.875 bits per heavy atom. The number of hydrogen-bond donors (Lipinski definition) is 0. The molecule has 72 heavy (non-hydrogen) atoms. The lowest BCUT2D eigenvalue weighted by Gasteiger charge is -2.34. The molecule has 4 atom stereocenters. The molecule has 4 aliphatic rings. The van der Waals surface area contributed by atoms with Gasteiger partial charge in [0.1, 0.15) is 0 Å². The molecule has 2 fully saturated rings. The Hall–Kier alpha value is -8.46. The lowest BCUT2D eigenvalue weighted by Crippen LogP contribution is -2.26. The van der Waals surface area contributed by atoms with Gasteiger partial charge in [-0.05, 0) is 187 Å². The van der Waals surface area contributed by atoms with Gasteiger partial charge in [-0.25, -0.2) is 0 Å². The van der Waals surface area contributed by atoms with E-state index in [4.69, 9.17) is 0 Å². The molecule has 342 valence electrons. The van der Waals surface area contributed by atoms with E-state index in [0.717, 1.165) is 40.3 Å². The van der Waals surface area contributed by atoms with Gasteiger partial charge in [0.25, 0.3) is 0 Å². The van der Waals surface area contributed by atoms with Gasteiger partial charge in [-0.3, -0.25) is 0 Å². The molecule has 2 heteroatoms. The van der Waals surface area contributed by atoms with Crippen LogP contribution in [0, 0.1) is 11.8 Å². The normalized spacial score (nSPS) is 18.8. The molecule has 1 spiro atoms. The van der Waals surface area contributed by atoms with E-state index in [-0.39, 0.29) is 0 Å². The molecule has 11 aromatic carbocycles. The van der Waals surface area contributed by atoms with Crippen LogP contribution >= 0.6 is 0 Å². The number of para-hydroxylation sites is 2. The molecule has 4 aliphatic carbocycles. The first-order chi connectivity index (χ1) is 35.7. The third kappa shape index (κ3) is 6.21. The third-order valence-electron chi connectivity index (χ3n) is 17.1. The van der Waals surface area contributed by atoms with Crippen LogP contribution in [0.5, 0.6) is 0 Å². The molecule has 15 rings (SSSR count). The molecule has 0 heterocycles. The first-order valence-electron chi connectivity index (χ1n) is 26.0. The van der Waals surface area contributed by atoms with Gasteiger partial charge in [0.15, 0.2) is 0 Å². The zero-order valence-corrected chi connectivity index (χ0v) is 40.1. The fraction of sp³-hybridized carbons (Fsp3) is 0.114. The smallest absolute Gasteiger partial charge is 0.0727 e. The minimum absolute atomic E-state index is 0.579. The lowest BCUT2D eigenvalue weighted by atomic mass is 9.70. The van der Waals surface area contributed by atoms with Crippen molar-refractivity contribution in [3.63, 3.8) is 0 Å². The van der Waals surface area contributed by atoms with Crippen LogP contribution in [-0.4, -0.2) is 0 Å². The van der Waals surface area contributed by atoms with Gasteiger partial charge < -0.3 is 9.80 Å². The zero-order valence-electron chi connectivity index (χ0n) is 40.1. The molecular formula is C70H52N2. The molecule has 0 radical (unpaired) electrons. The van der Waals surface area contributed by atoms with Gasteiger partial charge >= 0.3 is 0 Å². The van der Waals surface area contributed by atoms with E-state index in [1.54, 1.807) is 0 Å². The molecule has 0 saturated heterocycles. The standard InChI is InChI=1S/C70H52N2/c1-3-18-53(19-4-1)71(55-34-31-49(32-35-55)63-42-46-27-28-51(63)41-46)56-36-38-61-59-23-11-13-25-64(59)70(66(61)44-56)65-26-14-12-24-60(65)62-39-37-57(45-67(62)70)72(54-20-5-2-6-21-54)68-40-33-48-16-9-10-22-58(48)69(68)52-30-29-47-15-7-8-17-50(47)43-52/h1-26,29-40,43-46,51,63H,27-28,41-42H2. The number of anilines is 6. The molecule has 0 amide bonds. The van der Waals surface area contributed by atoms with Crippen LogP contribution in [0.25, 0.3) is 54.9 Å². The summed E-state index contributed by atoms with van der Waals surface area (Å²) in [7, 11) is 0. The van der Waals surface area contributed by atoms with E-state index < -0.39 is 5.41 Å². The lowest BCUT2D eigenvalue weighted by molar-refractivity contribution is 0.420. The molecule has 2 saturated carbocycles. The van der Waals surface area contributed by atoms with Crippen molar-refractivity contribution in [2.45, 2.75) is 37.0 Å². The maximum Gasteiger partial charge on any atom is 0.0727 e. The van der Waals surface area contributed by atoms with Crippen molar-refractivity contribution in [3.8, 4) is 33.4 Å². The van der Waals surface area contributed by atoms with Crippen LogP contribution in [0.3, 0.4) is 0 Å². The number of nitrogens with zero attached hydrogens (tertiary/aromatic N) is 2. The molecule has 2 bridgehead atoms. The van der Waals surface area contributed by atoms with E-state index in [0.29, 0.717) is 5.92 Å². The fourth-order valence-corrected chi connectivity index (χ4v) is 14.0. The predicted octanol–water partition coefficient (Wildman–Crippen LogP) is 18.8. The Labute approximate surface area is 422 Å². The quantitative estimate of drug-likeness (QED) is 0.150. The Morgan fingerprint density at radius 1 is 0.347 bits per heavy atom. The van der Waals surface area contributed by atoms with Crippen LogP contribution < -0.4 is 9.80 Å². The summed E-state index contributed by atoms with van der Waals surface area (Å²) in [5.74, 6) is 2.45. The van der Waals surface area contributed by atoms with Crippen LogP contribution in [0.4, 0.5) is 34.1 Å². The second kappa shape index (κ2) is 16.3. The van der Waals surface area contributed by atoms with Gasteiger partial charge in [-0.2, -0.15) is 0 Å². The topological polar surface area (TPSA) is 6.48 Å². The monoisotopic (exact) mass is 920 g/mol. The summed E-state index contributed by atoms with van der Waals surface area (Å²) in [6.07, 6.45) is 5.57.